The molecule has 4 rings (SSSR count). The first kappa shape index (κ1) is 25.0. The van der Waals surface area contributed by atoms with E-state index in [9.17, 15) is 14.4 Å². The van der Waals surface area contributed by atoms with Crippen LogP contribution in [-0.4, -0.2) is 47.3 Å². The van der Waals surface area contributed by atoms with Crippen molar-refractivity contribution >= 4 is 23.3 Å². The van der Waals surface area contributed by atoms with E-state index in [-0.39, 0.29) is 30.2 Å². The number of anilines is 1. The van der Waals surface area contributed by atoms with E-state index >= 15 is 4.39 Å². The van der Waals surface area contributed by atoms with Crippen molar-refractivity contribution in [2.24, 2.45) is 0 Å². The third-order valence-electron chi connectivity index (χ3n) is 6.54. The lowest BCUT2D eigenvalue weighted by Crippen LogP contribution is -2.40. The van der Waals surface area contributed by atoms with E-state index in [1.54, 1.807) is 33.8 Å². The molecule has 0 bridgehead atoms. The Hall–Kier alpha value is -3.10. The first-order valence-corrected chi connectivity index (χ1v) is 12.2. The first-order valence-electron chi connectivity index (χ1n) is 12.2. The molecule has 2 aliphatic rings. The molecule has 1 saturated heterocycles. The summed E-state index contributed by atoms with van der Waals surface area (Å²) >= 11 is 0. The fourth-order valence-electron chi connectivity index (χ4n) is 4.98. The van der Waals surface area contributed by atoms with Crippen LogP contribution in [-0.2, 0) is 9.47 Å². The summed E-state index contributed by atoms with van der Waals surface area (Å²) in [5, 5.41) is 2.89. The van der Waals surface area contributed by atoms with Gasteiger partial charge in [0.1, 0.15) is 11.2 Å². The quantitative estimate of drug-likeness (QED) is 0.633. The van der Waals surface area contributed by atoms with Crippen LogP contribution < -0.4 is 15.8 Å². The lowest BCUT2D eigenvalue weighted by atomic mass is 10.0. The standard InChI is InChI=1S/C26H34FN3O5/c1-7-34-24(32)19-11-18(16-8-9-16)21-15(3)22(20(27)13-30(21)23(19)31)29-12-17(10-14(29)2)28-25(33)35-26(4,5)6/h11,13-14,16-17H,7-10,12H2,1-6H3,(H,28,33)/t14-,17+/m1/s1. The number of aryl methyl sites for hydroxylation is 1. The number of pyridine rings is 2. The second-order valence-electron chi connectivity index (χ2n) is 10.6. The number of aromatic nitrogens is 1. The third-order valence-corrected chi connectivity index (χ3v) is 6.54. The van der Waals surface area contributed by atoms with Crippen molar-refractivity contribution in [2.45, 2.75) is 84.4 Å². The van der Waals surface area contributed by atoms with Crippen LogP contribution in [0.3, 0.4) is 0 Å². The number of esters is 1. The van der Waals surface area contributed by atoms with Crippen molar-refractivity contribution in [3.63, 3.8) is 0 Å². The van der Waals surface area contributed by atoms with E-state index in [1.807, 2.05) is 18.7 Å². The van der Waals surface area contributed by atoms with Crippen LogP contribution in [0.4, 0.5) is 14.9 Å². The second kappa shape index (κ2) is 9.17. The average molecular weight is 488 g/mol. The number of nitrogens with zero attached hydrogens (tertiary/aromatic N) is 2. The van der Waals surface area contributed by atoms with Gasteiger partial charge in [0.15, 0.2) is 5.82 Å². The summed E-state index contributed by atoms with van der Waals surface area (Å²) in [6.07, 6.45) is 3.21. The van der Waals surface area contributed by atoms with Gasteiger partial charge in [0.2, 0.25) is 0 Å². The van der Waals surface area contributed by atoms with E-state index in [0.29, 0.717) is 29.7 Å². The number of carbonyl (C=O) groups is 2. The molecule has 2 fully saturated rings. The molecule has 3 heterocycles. The summed E-state index contributed by atoms with van der Waals surface area (Å²) in [5.74, 6) is -1.03. The SMILES string of the molecule is CCOC(=O)c1cc(C2CC2)c2c(C)c(N3C[C@@H](NC(=O)OC(C)(C)C)C[C@H]3C)c(F)cn2c1=O. The summed E-state index contributed by atoms with van der Waals surface area (Å²) < 4.78 is 27.3. The number of halogens is 1. The molecular weight excluding hydrogens is 453 g/mol. The molecule has 1 aliphatic carbocycles. The van der Waals surface area contributed by atoms with Crippen molar-refractivity contribution in [1.29, 1.82) is 0 Å². The molecule has 190 valence electrons. The Kier molecular flexibility index (Phi) is 6.55. The maximum absolute atomic E-state index is 15.6. The summed E-state index contributed by atoms with van der Waals surface area (Å²) in [4.78, 5) is 39.8. The van der Waals surface area contributed by atoms with Gasteiger partial charge in [-0.25, -0.2) is 14.0 Å². The van der Waals surface area contributed by atoms with Crippen molar-refractivity contribution in [3.8, 4) is 0 Å². The number of amides is 1. The van der Waals surface area contributed by atoms with E-state index in [0.717, 1.165) is 18.4 Å². The molecule has 1 saturated carbocycles. The highest BCUT2D eigenvalue weighted by Crippen LogP contribution is 2.44. The molecule has 8 nitrogen and oxygen atoms in total. The molecular formula is C26H34FN3O5. The highest BCUT2D eigenvalue weighted by Gasteiger charge is 2.36. The molecule has 0 aromatic carbocycles. The van der Waals surface area contributed by atoms with Gasteiger partial charge in [-0.15, -0.1) is 0 Å². The van der Waals surface area contributed by atoms with Gasteiger partial charge in [-0.2, -0.15) is 0 Å². The Morgan fingerprint density at radius 3 is 2.54 bits per heavy atom. The van der Waals surface area contributed by atoms with Gasteiger partial charge < -0.3 is 19.7 Å². The van der Waals surface area contributed by atoms with E-state index in [4.69, 9.17) is 9.47 Å². The molecule has 0 radical (unpaired) electrons. The van der Waals surface area contributed by atoms with Gasteiger partial charge in [0, 0.05) is 12.6 Å². The van der Waals surface area contributed by atoms with E-state index in [2.05, 4.69) is 5.32 Å². The van der Waals surface area contributed by atoms with Crippen LogP contribution in [0, 0.1) is 12.7 Å². The Balaban J connectivity index is 1.74. The molecule has 35 heavy (non-hydrogen) atoms. The summed E-state index contributed by atoms with van der Waals surface area (Å²) in [6, 6.07) is 1.38. The van der Waals surface area contributed by atoms with Crippen LogP contribution in [0.1, 0.15) is 81.3 Å². The van der Waals surface area contributed by atoms with Crippen LogP contribution >= 0.6 is 0 Å². The monoisotopic (exact) mass is 487 g/mol. The van der Waals surface area contributed by atoms with Crippen molar-refractivity contribution in [1.82, 2.24) is 9.72 Å². The largest absolute Gasteiger partial charge is 0.462 e. The van der Waals surface area contributed by atoms with Crippen LogP contribution in [0.25, 0.3) is 5.52 Å². The predicted octanol–water partition coefficient (Wildman–Crippen LogP) is 4.29. The Labute approximate surface area is 204 Å². The highest BCUT2D eigenvalue weighted by atomic mass is 19.1. The molecule has 0 unspecified atom stereocenters. The molecule has 9 heteroatoms. The van der Waals surface area contributed by atoms with Gasteiger partial charge in [0.25, 0.3) is 5.56 Å². The number of alkyl carbamates (subject to hydrolysis) is 1. The zero-order chi connectivity index (χ0) is 25.7. The second-order valence-corrected chi connectivity index (χ2v) is 10.6. The number of nitrogens with one attached hydrogen (secondary N) is 1. The van der Waals surface area contributed by atoms with Gasteiger partial charge in [-0.05, 0) is 83.9 Å². The van der Waals surface area contributed by atoms with Gasteiger partial charge in [-0.3, -0.25) is 9.20 Å². The lowest BCUT2D eigenvalue weighted by Gasteiger charge is -2.28. The van der Waals surface area contributed by atoms with Crippen LogP contribution in [0.5, 0.6) is 0 Å². The lowest BCUT2D eigenvalue weighted by molar-refractivity contribution is 0.0503. The highest BCUT2D eigenvalue weighted by molar-refractivity contribution is 5.90. The summed E-state index contributed by atoms with van der Waals surface area (Å²) in [7, 11) is 0. The molecule has 0 spiro atoms. The molecule has 1 N–H and O–H groups in total. The number of hydrogen-bond acceptors (Lipinski definition) is 6. The van der Waals surface area contributed by atoms with Gasteiger partial charge in [-0.1, -0.05) is 0 Å². The maximum atomic E-state index is 15.6. The van der Waals surface area contributed by atoms with Gasteiger partial charge >= 0.3 is 12.1 Å². The molecule has 2 atom stereocenters. The molecule has 2 aromatic heterocycles. The zero-order valence-corrected chi connectivity index (χ0v) is 21.2. The van der Waals surface area contributed by atoms with Crippen molar-refractivity contribution < 1.29 is 23.5 Å². The normalized spacial score (nSPS) is 20.3. The van der Waals surface area contributed by atoms with Gasteiger partial charge in [0.05, 0.1) is 30.0 Å². The smallest absolute Gasteiger partial charge is 0.407 e. The Morgan fingerprint density at radius 2 is 1.94 bits per heavy atom. The molecule has 1 aliphatic heterocycles. The van der Waals surface area contributed by atoms with E-state index < -0.39 is 29.0 Å². The molecule has 1 amide bonds. The van der Waals surface area contributed by atoms with E-state index in [1.165, 1.54) is 10.6 Å². The minimum atomic E-state index is -0.694. The summed E-state index contributed by atoms with van der Waals surface area (Å²) in [6.45, 7) is 11.4. The van der Waals surface area contributed by atoms with Crippen molar-refractivity contribution in [2.75, 3.05) is 18.1 Å². The van der Waals surface area contributed by atoms with Crippen LogP contribution in [0.15, 0.2) is 17.1 Å². The fourth-order valence-corrected chi connectivity index (χ4v) is 4.98. The zero-order valence-electron chi connectivity index (χ0n) is 21.2. The number of fused-ring (bicyclic) bond motifs is 1. The number of ether oxygens (including phenoxy) is 2. The summed E-state index contributed by atoms with van der Waals surface area (Å²) in [5.41, 5.74) is 1.29. The van der Waals surface area contributed by atoms with Crippen molar-refractivity contribution in [3.05, 3.63) is 45.1 Å². The average Bonchev–Trinajstić information content (AvgIpc) is 3.51. The number of carbonyl (C=O) groups excluding carboxylic acids is 2. The molecule has 2 aromatic rings. The first-order chi connectivity index (χ1) is 16.4. The Bertz CT molecular complexity index is 1230. The van der Waals surface area contributed by atoms with Crippen LogP contribution in [0.2, 0.25) is 0 Å². The maximum Gasteiger partial charge on any atom is 0.407 e. The topological polar surface area (TPSA) is 89.3 Å². The predicted molar refractivity (Wildman–Crippen MR) is 131 cm³/mol. The minimum absolute atomic E-state index is 0.0412. The number of rotatable bonds is 5. The number of hydrogen-bond donors (Lipinski definition) is 1. The minimum Gasteiger partial charge on any atom is -0.462 e. The fraction of sp³-hybridized carbons (Fsp3) is 0.577. The third kappa shape index (κ3) is 4.99. The Morgan fingerprint density at radius 1 is 1.26 bits per heavy atom.